The number of carbonyl (C=O) groups is 1. The van der Waals surface area contributed by atoms with Crippen LogP contribution in [0, 0.1) is 0 Å². The summed E-state index contributed by atoms with van der Waals surface area (Å²) in [6.45, 7) is 3.68. The summed E-state index contributed by atoms with van der Waals surface area (Å²) in [6, 6.07) is 0.841. The molecular formula is C13H25NO2. The van der Waals surface area contributed by atoms with Crippen molar-refractivity contribution in [2.24, 2.45) is 0 Å². The van der Waals surface area contributed by atoms with Crippen molar-refractivity contribution < 1.29 is 9.90 Å². The maximum Gasteiger partial charge on any atom is 0.131 e. The summed E-state index contributed by atoms with van der Waals surface area (Å²) in [6.07, 6.45) is 5.60. The predicted molar refractivity (Wildman–Crippen MR) is 65.4 cm³/mol. The van der Waals surface area contributed by atoms with Crippen molar-refractivity contribution in [2.45, 2.75) is 70.6 Å². The lowest BCUT2D eigenvalue weighted by molar-refractivity contribution is -0.118. The average molecular weight is 227 g/mol. The van der Waals surface area contributed by atoms with Gasteiger partial charge in [0, 0.05) is 18.5 Å². The Labute approximate surface area is 98.8 Å². The maximum absolute atomic E-state index is 11.2. The van der Waals surface area contributed by atoms with Gasteiger partial charge in [0.05, 0.1) is 6.10 Å². The average Bonchev–Trinajstić information content (AvgIpc) is 2.23. The number of nitrogens with zero attached hydrogens (tertiary/aromatic N) is 1. The summed E-state index contributed by atoms with van der Waals surface area (Å²) in [7, 11) is 2.10. The first kappa shape index (κ1) is 13.7. The molecular weight excluding hydrogens is 202 g/mol. The van der Waals surface area contributed by atoms with E-state index in [1.54, 1.807) is 6.92 Å². The summed E-state index contributed by atoms with van der Waals surface area (Å²) in [5.41, 5.74) is 0. The highest BCUT2D eigenvalue weighted by atomic mass is 16.3. The van der Waals surface area contributed by atoms with Crippen LogP contribution in [0.15, 0.2) is 0 Å². The van der Waals surface area contributed by atoms with Crippen LogP contribution in [-0.4, -0.2) is 41.0 Å². The first-order valence-corrected chi connectivity index (χ1v) is 6.44. The zero-order valence-electron chi connectivity index (χ0n) is 10.8. The number of Topliss-reactive ketones (excluding diaryl/α,β-unsaturated/α-hetero) is 1. The zero-order valence-corrected chi connectivity index (χ0v) is 10.8. The summed E-state index contributed by atoms with van der Waals surface area (Å²) in [5.74, 6) is 0.272. The lowest BCUT2D eigenvalue weighted by atomic mass is 9.90. The van der Waals surface area contributed by atoms with E-state index in [9.17, 15) is 9.90 Å². The van der Waals surface area contributed by atoms with Crippen LogP contribution in [0.5, 0.6) is 0 Å². The second kappa shape index (κ2) is 6.36. The Balaban J connectivity index is 2.49. The maximum atomic E-state index is 11.2. The number of aliphatic hydroxyl groups is 1. The summed E-state index contributed by atoms with van der Waals surface area (Å²) in [5, 5.41) is 9.70. The molecule has 0 unspecified atom stereocenters. The molecule has 1 saturated heterocycles. The van der Waals surface area contributed by atoms with Gasteiger partial charge in [0.25, 0.3) is 0 Å². The highest BCUT2D eigenvalue weighted by Crippen LogP contribution is 2.26. The molecule has 0 aromatic carbocycles. The van der Waals surface area contributed by atoms with Crippen molar-refractivity contribution >= 4 is 5.78 Å². The Morgan fingerprint density at radius 2 is 2.06 bits per heavy atom. The SMILES string of the molecule is CC[C@H](O)C[C@@H]1CCC[C@H](CC(C)=O)N1C. The van der Waals surface area contributed by atoms with Crippen LogP contribution >= 0.6 is 0 Å². The van der Waals surface area contributed by atoms with E-state index >= 15 is 0 Å². The molecule has 94 valence electrons. The fraction of sp³-hybridized carbons (Fsp3) is 0.923. The van der Waals surface area contributed by atoms with Crippen LogP contribution in [0.4, 0.5) is 0 Å². The van der Waals surface area contributed by atoms with E-state index in [4.69, 9.17) is 0 Å². The molecule has 0 spiro atoms. The normalized spacial score (nSPS) is 29.0. The third kappa shape index (κ3) is 3.87. The molecule has 3 nitrogen and oxygen atoms in total. The number of hydrogen-bond acceptors (Lipinski definition) is 3. The summed E-state index contributed by atoms with van der Waals surface area (Å²) < 4.78 is 0. The van der Waals surface area contributed by atoms with Crippen molar-refractivity contribution in [3.8, 4) is 0 Å². The van der Waals surface area contributed by atoms with Gasteiger partial charge in [-0.3, -0.25) is 9.69 Å². The lowest BCUT2D eigenvalue weighted by Crippen LogP contribution is -2.45. The van der Waals surface area contributed by atoms with E-state index in [2.05, 4.69) is 11.9 Å². The number of carbonyl (C=O) groups excluding carboxylic acids is 1. The van der Waals surface area contributed by atoms with E-state index in [0.717, 1.165) is 25.7 Å². The second-order valence-corrected chi connectivity index (χ2v) is 5.11. The van der Waals surface area contributed by atoms with Gasteiger partial charge in [0.1, 0.15) is 5.78 Å². The number of rotatable bonds is 5. The first-order valence-electron chi connectivity index (χ1n) is 6.44. The molecule has 0 bridgehead atoms. The molecule has 0 radical (unpaired) electrons. The highest BCUT2D eigenvalue weighted by Gasteiger charge is 2.29. The third-order valence-electron chi connectivity index (χ3n) is 3.77. The number of aliphatic hydroxyl groups excluding tert-OH is 1. The van der Waals surface area contributed by atoms with Gasteiger partial charge in [-0.2, -0.15) is 0 Å². The molecule has 0 aromatic rings. The number of piperidine rings is 1. The Morgan fingerprint density at radius 3 is 2.62 bits per heavy atom. The Kier molecular flexibility index (Phi) is 5.42. The van der Waals surface area contributed by atoms with E-state index in [1.165, 1.54) is 6.42 Å². The van der Waals surface area contributed by atoms with E-state index in [0.29, 0.717) is 18.5 Å². The minimum absolute atomic E-state index is 0.191. The van der Waals surface area contributed by atoms with Crippen LogP contribution in [-0.2, 0) is 4.79 Å². The van der Waals surface area contributed by atoms with Crippen LogP contribution in [0.25, 0.3) is 0 Å². The van der Waals surface area contributed by atoms with Crippen molar-refractivity contribution in [3.63, 3.8) is 0 Å². The minimum Gasteiger partial charge on any atom is -0.393 e. The lowest BCUT2D eigenvalue weighted by Gasteiger charge is -2.40. The van der Waals surface area contributed by atoms with Gasteiger partial charge in [0.2, 0.25) is 0 Å². The van der Waals surface area contributed by atoms with Crippen molar-refractivity contribution in [1.82, 2.24) is 4.90 Å². The van der Waals surface area contributed by atoms with Gasteiger partial charge in [-0.05, 0) is 39.7 Å². The molecule has 0 aliphatic carbocycles. The molecule has 16 heavy (non-hydrogen) atoms. The van der Waals surface area contributed by atoms with E-state index in [-0.39, 0.29) is 11.9 Å². The first-order chi connectivity index (χ1) is 7.54. The smallest absolute Gasteiger partial charge is 0.131 e. The van der Waals surface area contributed by atoms with Gasteiger partial charge in [-0.25, -0.2) is 0 Å². The largest absolute Gasteiger partial charge is 0.393 e. The standard InChI is InChI=1S/C13H25NO2/c1-4-13(16)9-12-7-5-6-11(14(12)3)8-10(2)15/h11-13,16H,4-9H2,1-3H3/t11-,12+,13+/m1/s1. The fourth-order valence-electron chi connectivity index (χ4n) is 2.64. The Morgan fingerprint density at radius 1 is 1.44 bits per heavy atom. The van der Waals surface area contributed by atoms with Gasteiger partial charge >= 0.3 is 0 Å². The summed E-state index contributed by atoms with van der Waals surface area (Å²) >= 11 is 0. The van der Waals surface area contributed by atoms with Crippen LogP contribution in [0.2, 0.25) is 0 Å². The fourth-order valence-corrected chi connectivity index (χ4v) is 2.64. The van der Waals surface area contributed by atoms with Crippen molar-refractivity contribution in [3.05, 3.63) is 0 Å². The molecule has 1 N–H and O–H groups in total. The van der Waals surface area contributed by atoms with E-state index < -0.39 is 0 Å². The van der Waals surface area contributed by atoms with Gasteiger partial charge in [0.15, 0.2) is 0 Å². The number of hydrogen-bond donors (Lipinski definition) is 1. The second-order valence-electron chi connectivity index (χ2n) is 5.11. The molecule has 0 aromatic heterocycles. The molecule has 0 saturated carbocycles. The molecule has 1 heterocycles. The van der Waals surface area contributed by atoms with Gasteiger partial charge in [-0.1, -0.05) is 13.3 Å². The molecule has 1 aliphatic heterocycles. The van der Waals surface area contributed by atoms with Crippen LogP contribution in [0.3, 0.4) is 0 Å². The zero-order chi connectivity index (χ0) is 12.1. The van der Waals surface area contributed by atoms with E-state index in [1.807, 2.05) is 6.92 Å². The Hall–Kier alpha value is -0.410. The van der Waals surface area contributed by atoms with Crippen LogP contribution in [0.1, 0.15) is 52.4 Å². The molecule has 1 fully saturated rings. The molecule has 0 amide bonds. The van der Waals surface area contributed by atoms with Crippen LogP contribution < -0.4 is 0 Å². The molecule has 3 atom stereocenters. The highest BCUT2D eigenvalue weighted by molar-refractivity contribution is 5.76. The minimum atomic E-state index is -0.191. The number of likely N-dealkylation sites (tertiary alicyclic amines) is 1. The predicted octanol–water partition coefficient (Wildman–Crippen LogP) is 1.98. The summed E-state index contributed by atoms with van der Waals surface area (Å²) in [4.78, 5) is 13.5. The molecule has 3 heteroatoms. The van der Waals surface area contributed by atoms with Gasteiger partial charge in [-0.15, -0.1) is 0 Å². The topological polar surface area (TPSA) is 40.5 Å². The molecule has 1 rings (SSSR count). The quantitative estimate of drug-likeness (QED) is 0.780. The molecule has 1 aliphatic rings. The van der Waals surface area contributed by atoms with Gasteiger partial charge < -0.3 is 5.11 Å². The Bertz CT molecular complexity index is 230. The van der Waals surface area contributed by atoms with Crippen molar-refractivity contribution in [1.29, 1.82) is 0 Å². The monoisotopic (exact) mass is 227 g/mol. The number of ketones is 1. The third-order valence-corrected chi connectivity index (χ3v) is 3.77. The van der Waals surface area contributed by atoms with Crippen molar-refractivity contribution in [2.75, 3.05) is 7.05 Å².